The number of hydrogen-bond acceptors (Lipinski definition) is 1. The summed E-state index contributed by atoms with van der Waals surface area (Å²) >= 11 is 0. The van der Waals surface area contributed by atoms with Gasteiger partial charge >= 0.3 is 0 Å². The zero-order valence-corrected chi connectivity index (χ0v) is 11.1. The average molecular weight is 240 g/mol. The van der Waals surface area contributed by atoms with E-state index in [9.17, 15) is 0 Å². The van der Waals surface area contributed by atoms with Gasteiger partial charge in [0.25, 0.3) is 0 Å². The maximum absolute atomic E-state index is 4.49. The molecular weight excluding hydrogens is 220 g/mol. The first-order valence-corrected chi connectivity index (χ1v) is 6.54. The van der Waals surface area contributed by atoms with Gasteiger partial charge in [0.15, 0.2) is 0 Å². The summed E-state index contributed by atoms with van der Waals surface area (Å²) in [5, 5.41) is 0. The quantitative estimate of drug-likeness (QED) is 0.700. The Labute approximate surface area is 109 Å². The monoisotopic (exact) mass is 240 g/mol. The first kappa shape index (κ1) is 12.6. The van der Waals surface area contributed by atoms with Gasteiger partial charge in [-0.3, -0.25) is 4.99 Å². The van der Waals surface area contributed by atoms with Gasteiger partial charge in [0.05, 0.1) is 17.6 Å². The van der Waals surface area contributed by atoms with E-state index < -0.39 is 0 Å². The van der Waals surface area contributed by atoms with Crippen LogP contribution in [0.5, 0.6) is 0 Å². The molecule has 18 heavy (non-hydrogen) atoms. The molecule has 0 spiro atoms. The van der Waals surface area contributed by atoms with Gasteiger partial charge in [-0.25, -0.2) is 0 Å². The Kier molecular flexibility index (Phi) is 4.35. The van der Waals surface area contributed by atoms with Gasteiger partial charge < -0.3 is 4.57 Å². The summed E-state index contributed by atoms with van der Waals surface area (Å²) in [5.41, 5.74) is 3.52. The summed E-state index contributed by atoms with van der Waals surface area (Å²) in [4.78, 5) is 4.49. The van der Waals surface area contributed by atoms with Crippen LogP contribution in [0.15, 0.2) is 47.6 Å². The molecule has 1 aromatic heterocycles. The molecule has 1 aromatic carbocycles. The Morgan fingerprint density at radius 1 is 1.17 bits per heavy atom. The topological polar surface area (TPSA) is 17.3 Å². The normalized spacial score (nSPS) is 11.2. The molecule has 1 heterocycles. The zero-order chi connectivity index (χ0) is 12.8. The van der Waals surface area contributed by atoms with E-state index in [-0.39, 0.29) is 0 Å². The molecule has 0 unspecified atom stereocenters. The molecule has 0 saturated heterocycles. The molecule has 0 fully saturated rings. The first-order valence-electron chi connectivity index (χ1n) is 6.54. The minimum atomic E-state index is 1.01. The molecule has 0 N–H and O–H groups in total. The molecule has 2 aromatic rings. The summed E-state index contributed by atoms with van der Waals surface area (Å²) < 4.78 is 2.05. The van der Waals surface area contributed by atoms with E-state index >= 15 is 0 Å². The summed E-state index contributed by atoms with van der Waals surface area (Å²) in [5.74, 6) is 0. The molecule has 2 heteroatoms. The average Bonchev–Trinajstić information content (AvgIpc) is 2.81. The highest BCUT2D eigenvalue weighted by Gasteiger charge is 1.94. The molecule has 94 valence electrons. The zero-order valence-electron chi connectivity index (χ0n) is 11.1. The third-order valence-electron chi connectivity index (χ3n) is 3.09. The molecule has 0 saturated carbocycles. The van der Waals surface area contributed by atoms with Crippen LogP contribution in [0, 0.1) is 0 Å². The van der Waals surface area contributed by atoms with Crippen molar-refractivity contribution in [2.24, 2.45) is 12.0 Å². The van der Waals surface area contributed by atoms with E-state index in [1.54, 1.807) is 0 Å². The van der Waals surface area contributed by atoms with Crippen molar-refractivity contribution in [3.8, 4) is 0 Å². The smallest absolute Gasteiger partial charge is 0.0630 e. The number of aryl methyl sites for hydroxylation is 2. The lowest BCUT2D eigenvalue weighted by Gasteiger charge is -2.00. The van der Waals surface area contributed by atoms with Crippen molar-refractivity contribution in [3.05, 3.63) is 53.9 Å². The van der Waals surface area contributed by atoms with Crippen molar-refractivity contribution in [2.45, 2.75) is 26.2 Å². The Morgan fingerprint density at radius 2 is 1.94 bits per heavy atom. The van der Waals surface area contributed by atoms with Crippen LogP contribution in [0.3, 0.4) is 0 Å². The highest BCUT2D eigenvalue weighted by molar-refractivity contribution is 5.80. The summed E-state index contributed by atoms with van der Waals surface area (Å²) in [6.07, 6.45) is 7.59. The largest absolute Gasteiger partial charge is 0.350 e. The van der Waals surface area contributed by atoms with Gasteiger partial charge in [-0.15, -0.1) is 0 Å². The molecule has 0 aliphatic heterocycles. The molecular formula is C16H20N2. The SMILES string of the molecule is CCCCc1ccc(N=Cc2cccn2C)cc1. The van der Waals surface area contributed by atoms with E-state index in [0.29, 0.717) is 0 Å². The molecule has 0 atom stereocenters. The Balaban J connectivity index is 2.02. The predicted molar refractivity (Wildman–Crippen MR) is 77.7 cm³/mol. The van der Waals surface area contributed by atoms with Crippen LogP contribution in [-0.2, 0) is 13.5 Å². The minimum Gasteiger partial charge on any atom is -0.350 e. The van der Waals surface area contributed by atoms with E-state index in [0.717, 1.165) is 17.8 Å². The summed E-state index contributed by atoms with van der Waals surface area (Å²) in [6.45, 7) is 2.22. The second kappa shape index (κ2) is 6.20. The molecule has 2 nitrogen and oxygen atoms in total. The van der Waals surface area contributed by atoms with Crippen molar-refractivity contribution in [1.29, 1.82) is 0 Å². The fourth-order valence-corrected chi connectivity index (χ4v) is 1.88. The number of benzene rings is 1. The van der Waals surface area contributed by atoms with Gasteiger partial charge in [-0.1, -0.05) is 25.5 Å². The van der Waals surface area contributed by atoms with Crippen molar-refractivity contribution >= 4 is 11.9 Å². The maximum Gasteiger partial charge on any atom is 0.0630 e. The molecule has 2 rings (SSSR count). The lowest BCUT2D eigenvalue weighted by Crippen LogP contribution is -1.91. The second-order valence-corrected chi connectivity index (χ2v) is 4.57. The second-order valence-electron chi connectivity index (χ2n) is 4.57. The Hall–Kier alpha value is -1.83. The molecule has 0 bridgehead atoms. The van der Waals surface area contributed by atoms with E-state index in [1.165, 1.54) is 18.4 Å². The highest BCUT2D eigenvalue weighted by Crippen LogP contribution is 2.14. The van der Waals surface area contributed by atoms with Crippen molar-refractivity contribution in [2.75, 3.05) is 0 Å². The number of nitrogens with zero attached hydrogens (tertiary/aromatic N) is 2. The fraction of sp³-hybridized carbons (Fsp3) is 0.312. The van der Waals surface area contributed by atoms with Crippen molar-refractivity contribution < 1.29 is 0 Å². The lowest BCUT2D eigenvalue weighted by molar-refractivity contribution is 0.795. The highest BCUT2D eigenvalue weighted by atomic mass is 14.9. The summed E-state index contributed by atoms with van der Waals surface area (Å²) in [7, 11) is 2.02. The minimum absolute atomic E-state index is 1.01. The van der Waals surface area contributed by atoms with Crippen LogP contribution >= 0.6 is 0 Å². The number of unbranched alkanes of at least 4 members (excludes halogenated alkanes) is 1. The van der Waals surface area contributed by atoms with Gasteiger partial charge in [0.1, 0.15) is 0 Å². The fourth-order valence-electron chi connectivity index (χ4n) is 1.88. The van der Waals surface area contributed by atoms with E-state index in [2.05, 4.69) is 46.8 Å². The Morgan fingerprint density at radius 3 is 2.56 bits per heavy atom. The van der Waals surface area contributed by atoms with Gasteiger partial charge in [-0.2, -0.15) is 0 Å². The number of aliphatic imine (C=N–C) groups is 1. The molecule has 0 radical (unpaired) electrons. The number of hydrogen-bond donors (Lipinski definition) is 0. The Bertz CT molecular complexity index is 506. The molecule has 0 amide bonds. The molecule has 0 aliphatic carbocycles. The number of rotatable bonds is 5. The van der Waals surface area contributed by atoms with Gasteiger partial charge in [0.2, 0.25) is 0 Å². The maximum atomic E-state index is 4.49. The molecule has 0 aliphatic rings. The lowest BCUT2D eigenvalue weighted by atomic mass is 10.1. The van der Waals surface area contributed by atoms with Crippen LogP contribution in [-0.4, -0.2) is 10.8 Å². The van der Waals surface area contributed by atoms with Gasteiger partial charge in [0, 0.05) is 13.2 Å². The van der Waals surface area contributed by atoms with Crippen LogP contribution in [0.4, 0.5) is 5.69 Å². The van der Waals surface area contributed by atoms with E-state index in [1.807, 2.05) is 25.5 Å². The van der Waals surface area contributed by atoms with Crippen LogP contribution in [0.2, 0.25) is 0 Å². The van der Waals surface area contributed by atoms with Crippen molar-refractivity contribution in [1.82, 2.24) is 4.57 Å². The third-order valence-corrected chi connectivity index (χ3v) is 3.09. The third kappa shape index (κ3) is 3.33. The van der Waals surface area contributed by atoms with Crippen LogP contribution in [0.1, 0.15) is 31.0 Å². The summed E-state index contributed by atoms with van der Waals surface area (Å²) in [6, 6.07) is 12.6. The first-order chi connectivity index (χ1) is 8.79. The van der Waals surface area contributed by atoms with Crippen molar-refractivity contribution in [3.63, 3.8) is 0 Å². The predicted octanol–water partition coefficient (Wildman–Crippen LogP) is 4.12. The van der Waals surface area contributed by atoms with E-state index in [4.69, 9.17) is 0 Å². The standard InChI is InChI=1S/C16H20N2/c1-3-4-6-14-8-10-15(11-9-14)17-13-16-7-5-12-18(16)2/h5,7-13H,3-4,6H2,1-2H3. The number of aromatic nitrogens is 1. The van der Waals surface area contributed by atoms with Gasteiger partial charge in [-0.05, 0) is 42.7 Å². The van der Waals surface area contributed by atoms with Crippen LogP contribution < -0.4 is 0 Å². The van der Waals surface area contributed by atoms with Crippen LogP contribution in [0.25, 0.3) is 0 Å².